The number of rotatable bonds is 4. The van der Waals surface area contributed by atoms with Crippen LogP contribution in [0.1, 0.15) is 37.5 Å². The molecule has 0 fully saturated rings. The molecule has 0 aromatic heterocycles. The van der Waals surface area contributed by atoms with Gasteiger partial charge in [0.15, 0.2) is 0 Å². The van der Waals surface area contributed by atoms with E-state index >= 15 is 0 Å². The van der Waals surface area contributed by atoms with Gasteiger partial charge in [0.1, 0.15) is 5.75 Å². The summed E-state index contributed by atoms with van der Waals surface area (Å²) in [5, 5.41) is 10.4. The van der Waals surface area contributed by atoms with E-state index in [1.807, 2.05) is 6.07 Å². The van der Waals surface area contributed by atoms with E-state index in [4.69, 9.17) is 0 Å². The summed E-state index contributed by atoms with van der Waals surface area (Å²) < 4.78 is 0. The number of hydrogen-bond acceptors (Lipinski definition) is 1. The molecule has 0 aliphatic heterocycles. The molecule has 100 valence electrons. The third-order valence-electron chi connectivity index (χ3n) is 3.67. The van der Waals surface area contributed by atoms with Crippen LogP contribution in [-0.4, -0.2) is 5.11 Å². The highest BCUT2D eigenvalue weighted by molar-refractivity contribution is 5.74. The topological polar surface area (TPSA) is 20.2 Å². The van der Waals surface area contributed by atoms with Crippen LogP contribution in [0.4, 0.5) is 0 Å². The molecule has 1 N–H and O–H groups in total. The van der Waals surface area contributed by atoms with Crippen LogP contribution < -0.4 is 0 Å². The van der Waals surface area contributed by atoms with E-state index in [1.165, 1.54) is 16.7 Å². The van der Waals surface area contributed by atoms with Crippen molar-refractivity contribution in [3.05, 3.63) is 53.1 Å². The Morgan fingerprint density at radius 2 is 1.58 bits per heavy atom. The van der Waals surface area contributed by atoms with E-state index in [-0.39, 0.29) is 0 Å². The van der Waals surface area contributed by atoms with Gasteiger partial charge in [-0.05, 0) is 47.6 Å². The average Bonchev–Trinajstić information content (AvgIpc) is 2.46. The first-order chi connectivity index (χ1) is 9.19. The van der Waals surface area contributed by atoms with Crippen LogP contribution >= 0.6 is 0 Å². The molecule has 0 saturated carbocycles. The molecule has 0 aliphatic carbocycles. The second kappa shape index (κ2) is 5.92. The Labute approximate surface area is 115 Å². The summed E-state index contributed by atoms with van der Waals surface area (Å²) in [5.41, 5.74) is 5.85. The molecule has 0 unspecified atom stereocenters. The second-order valence-electron chi connectivity index (χ2n) is 4.91. The molecule has 0 radical (unpaired) electrons. The number of aromatic hydroxyl groups is 1. The van der Waals surface area contributed by atoms with Gasteiger partial charge in [-0.15, -0.1) is 0 Å². The molecule has 0 aliphatic rings. The van der Waals surface area contributed by atoms with Gasteiger partial charge in [0, 0.05) is 5.56 Å². The molecule has 1 nitrogen and oxygen atoms in total. The first-order valence-electron chi connectivity index (χ1n) is 7.13. The van der Waals surface area contributed by atoms with Crippen molar-refractivity contribution in [2.75, 3.05) is 0 Å². The first kappa shape index (κ1) is 13.7. The summed E-state index contributed by atoms with van der Waals surface area (Å²) >= 11 is 0. The summed E-state index contributed by atoms with van der Waals surface area (Å²) in [7, 11) is 0. The minimum absolute atomic E-state index is 0.407. The lowest BCUT2D eigenvalue weighted by Crippen LogP contribution is -1.93. The molecule has 2 aromatic carbocycles. The molecule has 0 bridgehead atoms. The largest absolute Gasteiger partial charge is 0.507 e. The van der Waals surface area contributed by atoms with Gasteiger partial charge in [-0.25, -0.2) is 0 Å². The van der Waals surface area contributed by atoms with Gasteiger partial charge < -0.3 is 5.11 Å². The van der Waals surface area contributed by atoms with Gasteiger partial charge in [-0.2, -0.15) is 0 Å². The molecule has 0 atom stereocenters. The minimum Gasteiger partial charge on any atom is -0.507 e. The Morgan fingerprint density at radius 3 is 2.21 bits per heavy atom. The summed E-state index contributed by atoms with van der Waals surface area (Å²) in [6.07, 6.45) is 2.91. The van der Waals surface area contributed by atoms with Crippen molar-refractivity contribution in [3.63, 3.8) is 0 Å². The SMILES string of the molecule is CCc1cccc(-c2c(O)cc(CC)cc2CC)c1. The highest BCUT2D eigenvalue weighted by Gasteiger charge is 2.11. The summed E-state index contributed by atoms with van der Waals surface area (Å²) in [4.78, 5) is 0. The van der Waals surface area contributed by atoms with Crippen molar-refractivity contribution in [2.24, 2.45) is 0 Å². The van der Waals surface area contributed by atoms with E-state index in [1.54, 1.807) is 0 Å². The van der Waals surface area contributed by atoms with E-state index in [9.17, 15) is 5.11 Å². The molecule has 0 saturated heterocycles. The van der Waals surface area contributed by atoms with Crippen molar-refractivity contribution in [1.82, 2.24) is 0 Å². The summed E-state index contributed by atoms with van der Waals surface area (Å²) in [6.45, 7) is 6.41. The van der Waals surface area contributed by atoms with Crippen LogP contribution in [-0.2, 0) is 19.3 Å². The molecule has 19 heavy (non-hydrogen) atoms. The molecule has 0 amide bonds. The van der Waals surface area contributed by atoms with E-state index in [0.29, 0.717) is 5.75 Å². The smallest absolute Gasteiger partial charge is 0.123 e. The van der Waals surface area contributed by atoms with Crippen LogP contribution in [0.3, 0.4) is 0 Å². The molecular weight excluding hydrogens is 232 g/mol. The summed E-state index contributed by atoms with van der Waals surface area (Å²) in [5.74, 6) is 0.407. The Balaban J connectivity index is 2.60. The van der Waals surface area contributed by atoms with Crippen LogP contribution in [0.15, 0.2) is 36.4 Å². The van der Waals surface area contributed by atoms with E-state index in [2.05, 4.69) is 51.1 Å². The zero-order chi connectivity index (χ0) is 13.8. The maximum atomic E-state index is 10.4. The number of aryl methyl sites for hydroxylation is 3. The molecule has 2 aromatic rings. The predicted octanol–water partition coefficient (Wildman–Crippen LogP) is 4.75. The lowest BCUT2D eigenvalue weighted by Gasteiger charge is -2.13. The third-order valence-corrected chi connectivity index (χ3v) is 3.67. The maximum Gasteiger partial charge on any atom is 0.123 e. The lowest BCUT2D eigenvalue weighted by atomic mass is 9.93. The van der Waals surface area contributed by atoms with Gasteiger partial charge in [-0.1, -0.05) is 51.1 Å². The molecule has 2 rings (SSSR count). The standard InChI is InChI=1S/C18H22O/c1-4-13-8-7-9-16(10-13)18-15(6-3)11-14(5-2)12-17(18)19/h7-12,19H,4-6H2,1-3H3. The fraction of sp³-hybridized carbons (Fsp3) is 0.333. The maximum absolute atomic E-state index is 10.4. The van der Waals surface area contributed by atoms with Crippen molar-refractivity contribution < 1.29 is 5.11 Å². The highest BCUT2D eigenvalue weighted by atomic mass is 16.3. The van der Waals surface area contributed by atoms with Crippen LogP contribution in [0.25, 0.3) is 11.1 Å². The molecule has 1 heteroatoms. The van der Waals surface area contributed by atoms with Gasteiger partial charge in [0.25, 0.3) is 0 Å². The van der Waals surface area contributed by atoms with Gasteiger partial charge in [0.2, 0.25) is 0 Å². The zero-order valence-electron chi connectivity index (χ0n) is 12.0. The highest BCUT2D eigenvalue weighted by Crippen LogP contribution is 2.35. The number of hydrogen-bond donors (Lipinski definition) is 1. The molecule has 0 spiro atoms. The normalized spacial score (nSPS) is 10.7. The first-order valence-corrected chi connectivity index (χ1v) is 7.13. The Kier molecular flexibility index (Phi) is 4.26. The third kappa shape index (κ3) is 2.81. The fourth-order valence-corrected chi connectivity index (χ4v) is 2.51. The van der Waals surface area contributed by atoms with Gasteiger partial charge >= 0.3 is 0 Å². The zero-order valence-corrected chi connectivity index (χ0v) is 12.0. The number of phenolic OH excluding ortho intramolecular Hbond substituents is 1. The molecule has 0 heterocycles. The summed E-state index contributed by atoms with van der Waals surface area (Å²) in [6, 6.07) is 12.6. The Hall–Kier alpha value is -1.76. The van der Waals surface area contributed by atoms with E-state index in [0.717, 1.165) is 30.4 Å². The van der Waals surface area contributed by atoms with Crippen molar-refractivity contribution in [3.8, 4) is 16.9 Å². The van der Waals surface area contributed by atoms with E-state index < -0.39 is 0 Å². The number of benzene rings is 2. The quantitative estimate of drug-likeness (QED) is 0.835. The Bertz CT molecular complexity index is 570. The van der Waals surface area contributed by atoms with Gasteiger partial charge in [0.05, 0.1) is 0 Å². The van der Waals surface area contributed by atoms with Gasteiger partial charge in [-0.3, -0.25) is 0 Å². The number of phenols is 1. The lowest BCUT2D eigenvalue weighted by molar-refractivity contribution is 0.476. The van der Waals surface area contributed by atoms with Crippen LogP contribution in [0, 0.1) is 0 Å². The minimum atomic E-state index is 0.407. The predicted molar refractivity (Wildman–Crippen MR) is 81.7 cm³/mol. The monoisotopic (exact) mass is 254 g/mol. The van der Waals surface area contributed by atoms with Crippen LogP contribution in [0.2, 0.25) is 0 Å². The second-order valence-corrected chi connectivity index (χ2v) is 4.91. The Morgan fingerprint density at radius 1 is 0.842 bits per heavy atom. The van der Waals surface area contributed by atoms with Crippen molar-refractivity contribution >= 4 is 0 Å². The van der Waals surface area contributed by atoms with Crippen molar-refractivity contribution in [2.45, 2.75) is 40.0 Å². The fourth-order valence-electron chi connectivity index (χ4n) is 2.51. The molecular formula is C18H22O. The average molecular weight is 254 g/mol. The van der Waals surface area contributed by atoms with Crippen LogP contribution in [0.5, 0.6) is 5.75 Å². The van der Waals surface area contributed by atoms with Crippen molar-refractivity contribution in [1.29, 1.82) is 0 Å².